The first-order valence-electron chi connectivity index (χ1n) is 29.8. The molecule has 0 saturated carbocycles. The average molecular weight is 1260 g/mol. The summed E-state index contributed by atoms with van der Waals surface area (Å²) < 4.78 is 77.0. The van der Waals surface area contributed by atoms with Gasteiger partial charge < -0.3 is 69.2 Å². The van der Waals surface area contributed by atoms with E-state index in [4.69, 9.17) is 34.2 Å². The maximum absolute atomic E-state index is 13.9. The van der Waals surface area contributed by atoms with Gasteiger partial charge in [-0.25, -0.2) is 15.0 Å². The number of primary amides is 1. The zero-order chi connectivity index (χ0) is 63.8. The zero-order valence-corrected chi connectivity index (χ0v) is 51.6. The van der Waals surface area contributed by atoms with Crippen LogP contribution in [-0.4, -0.2) is 182 Å². The number of halogens is 3. The van der Waals surface area contributed by atoms with Gasteiger partial charge in [-0.05, 0) is 72.9 Å². The Kier molecular flexibility index (Phi) is 26.7. The van der Waals surface area contributed by atoms with Crippen LogP contribution in [0, 0.1) is 12.3 Å². The van der Waals surface area contributed by atoms with Crippen LogP contribution in [0.5, 0.6) is 11.6 Å². The molecule has 3 aromatic heterocycles. The van der Waals surface area contributed by atoms with E-state index in [0.29, 0.717) is 121 Å². The van der Waals surface area contributed by atoms with E-state index in [9.17, 15) is 41.9 Å². The van der Waals surface area contributed by atoms with E-state index in [1.807, 2.05) is 68.2 Å². The summed E-state index contributed by atoms with van der Waals surface area (Å²) in [7, 11) is 0. The van der Waals surface area contributed by atoms with Crippen LogP contribution in [-0.2, 0) is 67.2 Å². The maximum Gasteiger partial charge on any atom is 0.573 e. The standard InChI is InChI=1S/C62H81F3N10O13S/c1-42-55(89-41-71-42)45-13-9-44(10-14-45)36-68-58(80)51-8-7-22-75(51)60(81)56(61(2,3)4)72-52(76)19-25-82-26-27-83-28-29-84-30-31-85-32-33-86-39-53(77)67-20-5-6-21-73-38-50(70-40-73)46-35-49(57(66)79)59(69-37-46)87-47-17-23-74(24-18-47)54(78)34-43-11-15-48(16-12-43)88-62(63,64)65/h9-16,35,37-38,40-41,47,51,56H,5-8,17-34,36,39H2,1-4H3,(H2,66,79)(H,67,77)(H,68,80)(H,72,76)/t51-,56?/m0/s1. The Bertz CT molecular complexity index is 3080. The number of nitrogens with two attached hydrogens (primary N) is 1. The van der Waals surface area contributed by atoms with E-state index in [-0.39, 0.29) is 98.7 Å². The molecule has 5 heterocycles. The Morgan fingerprint density at radius 2 is 1.40 bits per heavy atom. The van der Waals surface area contributed by atoms with Crippen molar-refractivity contribution in [2.24, 2.45) is 11.1 Å². The van der Waals surface area contributed by atoms with Crippen LogP contribution >= 0.6 is 11.3 Å². The highest BCUT2D eigenvalue weighted by atomic mass is 32.1. The first-order chi connectivity index (χ1) is 42.7. The van der Waals surface area contributed by atoms with Crippen molar-refractivity contribution in [2.75, 3.05) is 92.2 Å². The molecule has 5 aromatic rings. The summed E-state index contributed by atoms with van der Waals surface area (Å²) in [5, 5.41) is 8.76. The molecule has 0 spiro atoms. The van der Waals surface area contributed by atoms with E-state index in [1.54, 1.807) is 39.7 Å². The van der Waals surface area contributed by atoms with Gasteiger partial charge >= 0.3 is 6.36 Å². The number of ether oxygens (including phenoxy) is 7. The molecule has 2 atom stereocenters. The second-order valence-electron chi connectivity index (χ2n) is 22.6. The lowest BCUT2D eigenvalue weighted by Crippen LogP contribution is -2.57. The van der Waals surface area contributed by atoms with Gasteiger partial charge in [0.05, 0.1) is 94.0 Å². The number of carbonyl (C=O) groups excluding carboxylic acids is 6. The molecule has 7 rings (SSSR count). The molecule has 27 heteroatoms. The van der Waals surface area contributed by atoms with Crippen molar-refractivity contribution in [2.45, 2.75) is 117 Å². The minimum absolute atomic E-state index is 0.0141. The molecule has 0 aliphatic carbocycles. The fraction of sp³-hybridized carbons (Fsp3) is 0.532. The fourth-order valence-corrected chi connectivity index (χ4v) is 10.7. The van der Waals surface area contributed by atoms with Crippen LogP contribution in [0.25, 0.3) is 21.7 Å². The van der Waals surface area contributed by atoms with Crippen molar-refractivity contribution < 1.29 is 75.1 Å². The summed E-state index contributed by atoms with van der Waals surface area (Å²) in [6, 6.07) is 13.3. The summed E-state index contributed by atoms with van der Waals surface area (Å²) in [6.45, 7) is 12.7. The van der Waals surface area contributed by atoms with E-state index >= 15 is 0 Å². The molecule has 484 valence electrons. The second-order valence-corrected chi connectivity index (χ2v) is 23.4. The lowest BCUT2D eigenvalue weighted by Gasteiger charge is -2.35. The number of likely N-dealkylation sites (tertiary alicyclic amines) is 2. The van der Waals surface area contributed by atoms with E-state index in [0.717, 1.165) is 28.1 Å². The number of amides is 6. The molecular weight excluding hydrogens is 1180 g/mol. The van der Waals surface area contributed by atoms with E-state index in [2.05, 4.69) is 35.6 Å². The van der Waals surface area contributed by atoms with Crippen LogP contribution in [0.15, 0.2) is 78.8 Å². The van der Waals surface area contributed by atoms with Gasteiger partial charge in [0, 0.05) is 76.5 Å². The predicted octanol–water partition coefficient (Wildman–Crippen LogP) is 6.19. The lowest BCUT2D eigenvalue weighted by molar-refractivity contribution is -0.274. The highest BCUT2D eigenvalue weighted by Crippen LogP contribution is 2.30. The summed E-state index contributed by atoms with van der Waals surface area (Å²) in [5.41, 5.74) is 11.7. The van der Waals surface area contributed by atoms with Gasteiger partial charge in [-0.3, -0.25) is 28.8 Å². The summed E-state index contributed by atoms with van der Waals surface area (Å²) in [6.07, 6.45) is 3.56. The molecule has 23 nitrogen and oxygen atoms in total. The minimum atomic E-state index is -4.80. The first kappa shape index (κ1) is 68.9. The van der Waals surface area contributed by atoms with Gasteiger partial charge in [-0.1, -0.05) is 57.2 Å². The van der Waals surface area contributed by atoms with Gasteiger partial charge in [0.2, 0.25) is 35.4 Å². The topological polar surface area (TPSA) is 279 Å². The first-order valence-corrected chi connectivity index (χ1v) is 30.7. The van der Waals surface area contributed by atoms with Gasteiger partial charge in [-0.2, -0.15) is 0 Å². The number of hydrogen-bond acceptors (Lipinski definition) is 17. The number of nitrogens with one attached hydrogen (secondary N) is 3. The number of nitrogens with zero attached hydrogens (tertiary/aromatic N) is 6. The third-order valence-corrected chi connectivity index (χ3v) is 15.7. The van der Waals surface area contributed by atoms with Crippen molar-refractivity contribution in [3.05, 3.63) is 101 Å². The van der Waals surface area contributed by atoms with Crippen molar-refractivity contribution in [1.29, 1.82) is 0 Å². The molecule has 0 bridgehead atoms. The Morgan fingerprint density at radius 3 is 2.03 bits per heavy atom. The smallest absolute Gasteiger partial charge is 0.474 e. The van der Waals surface area contributed by atoms with Crippen molar-refractivity contribution in [1.82, 2.24) is 45.3 Å². The Hall–Kier alpha value is -7.56. The lowest BCUT2D eigenvalue weighted by atomic mass is 9.85. The fourth-order valence-electron chi connectivity index (χ4n) is 9.89. The molecule has 2 aliphatic rings. The number of carbonyl (C=O) groups is 6. The second kappa shape index (κ2) is 34.4. The van der Waals surface area contributed by atoms with Gasteiger partial charge in [0.1, 0.15) is 36.1 Å². The number of piperidine rings is 1. The molecule has 2 saturated heterocycles. The SMILES string of the molecule is Cc1ncsc1-c1ccc(CNC(=O)[C@@H]2CCCN2C(=O)C(NC(=O)CCOCCOCCOCCOCCOCC(=O)NCCCCn2cnc(-c3cnc(OC4CCN(C(=O)Cc5ccc(OC(F)(F)F)cc5)CC4)c(C(N)=O)c3)c2)C(C)(C)C)cc1. The van der Waals surface area contributed by atoms with Crippen molar-refractivity contribution >= 4 is 46.8 Å². The predicted molar refractivity (Wildman–Crippen MR) is 322 cm³/mol. The number of aryl methyl sites for hydroxylation is 2. The molecule has 0 radical (unpaired) electrons. The number of benzene rings is 2. The van der Waals surface area contributed by atoms with Crippen LogP contribution in [0.4, 0.5) is 13.2 Å². The number of hydrogen-bond donors (Lipinski definition) is 4. The Balaban J connectivity index is 0.654. The molecule has 5 N–H and O–H groups in total. The molecule has 89 heavy (non-hydrogen) atoms. The highest BCUT2D eigenvalue weighted by Gasteiger charge is 2.42. The maximum atomic E-state index is 13.9. The largest absolute Gasteiger partial charge is 0.573 e. The Morgan fingerprint density at radius 1 is 0.753 bits per heavy atom. The molecule has 2 aromatic carbocycles. The molecule has 2 aliphatic heterocycles. The monoisotopic (exact) mass is 1260 g/mol. The quantitative estimate of drug-likeness (QED) is 0.0329. The minimum Gasteiger partial charge on any atom is -0.474 e. The third-order valence-electron chi connectivity index (χ3n) is 14.7. The van der Waals surface area contributed by atoms with Crippen LogP contribution < -0.4 is 31.2 Å². The van der Waals surface area contributed by atoms with Crippen molar-refractivity contribution in [3.63, 3.8) is 0 Å². The Labute approximate surface area is 519 Å². The van der Waals surface area contributed by atoms with Crippen LogP contribution in [0.1, 0.15) is 92.9 Å². The number of alkyl halides is 3. The highest BCUT2D eigenvalue weighted by molar-refractivity contribution is 7.13. The average Bonchev–Trinajstić information content (AvgIpc) is 4.24. The summed E-state index contributed by atoms with van der Waals surface area (Å²) in [4.78, 5) is 95.6. The number of imidazole rings is 1. The normalized spacial score (nSPS) is 15.0. The van der Waals surface area contributed by atoms with Gasteiger partial charge in [0.15, 0.2) is 0 Å². The molecule has 2 fully saturated rings. The number of thiazole rings is 1. The van der Waals surface area contributed by atoms with E-state index < -0.39 is 29.8 Å². The summed E-state index contributed by atoms with van der Waals surface area (Å²) >= 11 is 1.58. The molecule has 1 unspecified atom stereocenters. The van der Waals surface area contributed by atoms with Gasteiger partial charge in [-0.15, -0.1) is 24.5 Å². The van der Waals surface area contributed by atoms with Crippen molar-refractivity contribution in [3.8, 4) is 33.3 Å². The summed E-state index contributed by atoms with van der Waals surface area (Å²) in [5.74, 6) is -2.26. The zero-order valence-electron chi connectivity index (χ0n) is 50.8. The van der Waals surface area contributed by atoms with Gasteiger partial charge in [0.25, 0.3) is 5.91 Å². The molecular formula is C62H81F3N10O13S. The molecule has 6 amide bonds. The third kappa shape index (κ3) is 22.8. The number of pyridine rings is 1. The van der Waals surface area contributed by atoms with Crippen LogP contribution in [0.2, 0.25) is 0 Å². The number of unbranched alkanes of at least 4 members (excludes halogenated alkanes) is 1. The number of rotatable bonds is 35. The number of aromatic nitrogens is 4. The van der Waals surface area contributed by atoms with E-state index in [1.165, 1.54) is 24.3 Å². The van der Waals surface area contributed by atoms with Crippen LogP contribution in [0.3, 0.4) is 0 Å².